The smallest absolute Gasteiger partial charge is 0.420 e. The number of aliphatic imine (C=N–C) groups is 1. The van der Waals surface area contributed by atoms with Crippen LogP contribution in [0.15, 0.2) is 35.1 Å². The normalized spacial score (nSPS) is 21.5. The molecule has 168 valence electrons. The minimum absolute atomic E-state index is 0.0426. The zero-order chi connectivity index (χ0) is 23.4. The Bertz CT molecular complexity index is 1130. The Morgan fingerprint density at radius 1 is 1.35 bits per heavy atom. The largest absolute Gasteiger partial charge is 0.452 e. The monoisotopic (exact) mass is 478 g/mol. The lowest BCUT2D eigenvalue weighted by atomic mass is 10.1. The summed E-state index contributed by atoms with van der Waals surface area (Å²) in [4.78, 5) is 17.5. The highest BCUT2D eigenvalue weighted by Crippen LogP contribution is 2.38. The van der Waals surface area contributed by atoms with Gasteiger partial charge in [0.15, 0.2) is 11.7 Å². The number of amides is 1. The Hall–Kier alpha value is -2.71. The van der Waals surface area contributed by atoms with Crippen LogP contribution < -0.4 is 4.72 Å². The number of nitrogens with zero attached hydrogens (tertiary/aromatic N) is 4. The number of hydrogen-bond acceptors (Lipinski definition) is 6. The molecule has 0 saturated heterocycles. The highest BCUT2D eigenvalue weighted by atomic mass is 32.2. The Morgan fingerprint density at radius 2 is 2.00 bits per heavy atom. The minimum Gasteiger partial charge on any atom is -0.452 e. The number of aryl methyl sites for hydroxylation is 1. The number of rotatable bonds is 2. The van der Waals surface area contributed by atoms with Gasteiger partial charge >= 0.3 is 12.3 Å². The Labute approximate surface area is 182 Å². The van der Waals surface area contributed by atoms with Crippen molar-refractivity contribution < 1.29 is 35.7 Å². The summed E-state index contributed by atoms with van der Waals surface area (Å²) in [6.45, 7) is 1.07. The average Bonchev–Trinajstić information content (AvgIpc) is 2.89. The minimum atomic E-state index is -4.81. The van der Waals surface area contributed by atoms with Gasteiger partial charge in [-0.25, -0.2) is 9.80 Å². The van der Waals surface area contributed by atoms with Gasteiger partial charge in [0.1, 0.15) is 0 Å². The quantitative estimate of drug-likeness (QED) is 0.519. The van der Waals surface area contributed by atoms with Crippen molar-refractivity contribution in [1.82, 2.24) is 9.91 Å². The van der Waals surface area contributed by atoms with E-state index in [1.807, 2.05) is 4.72 Å². The lowest BCUT2D eigenvalue weighted by Gasteiger charge is -2.41. The van der Waals surface area contributed by atoms with Crippen LogP contribution in [0.25, 0.3) is 0 Å². The Morgan fingerprint density at radius 3 is 2.58 bits per heavy atom. The van der Waals surface area contributed by atoms with Gasteiger partial charge in [-0.1, -0.05) is 24.4 Å². The summed E-state index contributed by atoms with van der Waals surface area (Å²) in [6, 6.07) is 3.25. The molecule has 0 saturated carbocycles. The summed E-state index contributed by atoms with van der Waals surface area (Å²) in [5, 5.41) is 0.792. The molecule has 1 N–H and O–H groups in total. The van der Waals surface area contributed by atoms with Gasteiger partial charge in [-0.05, 0) is 18.6 Å². The van der Waals surface area contributed by atoms with E-state index >= 15 is 0 Å². The molecular weight excluding hydrogens is 459 g/mol. The zero-order valence-corrected chi connectivity index (χ0v) is 18.5. The van der Waals surface area contributed by atoms with Gasteiger partial charge in [0.05, 0.1) is 38.5 Å². The summed E-state index contributed by atoms with van der Waals surface area (Å²) in [6.07, 6.45) is -4.40. The number of amidine groups is 1. The van der Waals surface area contributed by atoms with Crippen LogP contribution in [-0.2, 0) is 20.9 Å². The third kappa shape index (κ3) is 3.85. The van der Waals surface area contributed by atoms with E-state index in [0.29, 0.717) is 4.99 Å². The van der Waals surface area contributed by atoms with Crippen LogP contribution >= 0.6 is 12.2 Å². The third-order valence-electron chi connectivity index (χ3n) is 5.04. The maximum Gasteiger partial charge on any atom is 0.420 e. The first-order valence-corrected chi connectivity index (χ1v) is 10.6. The molecule has 1 amide bonds. The molecule has 1 unspecified atom stereocenters. The van der Waals surface area contributed by atoms with E-state index in [4.69, 9.17) is 12.2 Å². The van der Waals surface area contributed by atoms with Crippen molar-refractivity contribution in [2.75, 3.05) is 32.6 Å². The first-order chi connectivity index (χ1) is 14.2. The molecule has 2 heterocycles. The highest BCUT2D eigenvalue weighted by molar-refractivity contribution is 8.07. The van der Waals surface area contributed by atoms with Crippen LogP contribution in [-0.4, -0.2) is 67.0 Å². The molecule has 0 spiro atoms. The number of alkyl halides is 3. The molecule has 0 fully saturated rings. The van der Waals surface area contributed by atoms with Crippen molar-refractivity contribution in [3.8, 4) is 0 Å². The molecule has 2 aliphatic rings. The molecular formula is C17H19F3N5O4S2+. The standard InChI is InChI=1S/C17H19F3N5O4S2/c1-10-6-5-7-11(17(18,19)20)14(10)22-31(27,28)15-21-12-8-13(30)23(2)25(12,3)9-24(15)16(26)29-4/h5-8,22H,9H2,1-4H3/q+1. The number of quaternary nitrogens is 1. The van der Waals surface area contributed by atoms with Gasteiger partial charge in [0.2, 0.25) is 0 Å². The number of fused-ring (bicyclic) bond motifs is 1. The molecule has 0 aliphatic carbocycles. The number of sulfonamides is 1. The predicted octanol–water partition coefficient (Wildman–Crippen LogP) is 2.63. The van der Waals surface area contributed by atoms with E-state index in [1.54, 1.807) is 19.1 Å². The summed E-state index contributed by atoms with van der Waals surface area (Å²) in [7, 11) is -0.406. The van der Waals surface area contributed by atoms with Gasteiger partial charge in [-0.3, -0.25) is 4.72 Å². The molecule has 0 bridgehead atoms. The predicted molar refractivity (Wildman–Crippen MR) is 110 cm³/mol. The average molecular weight is 478 g/mol. The van der Waals surface area contributed by atoms with Crippen LogP contribution in [0.2, 0.25) is 0 Å². The zero-order valence-electron chi connectivity index (χ0n) is 16.9. The number of thiocarbonyl (C=S) groups is 1. The van der Waals surface area contributed by atoms with Crippen LogP contribution in [0.3, 0.4) is 0 Å². The van der Waals surface area contributed by atoms with Crippen molar-refractivity contribution in [2.24, 2.45) is 4.99 Å². The summed E-state index contributed by atoms with van der Waals surface area (Å²) in [5.74, 6) is 0.203. The van der Waals surface area contributed by atoms with E-state index in [1.165, 1.54) is 19.1 Å². The second-order valence-corrected chi connectivity index (χ2v) is 9.03. The van der Waals surface area contributed by atoms with Crippen molar-refractivity contribution in [2.45, 2.75) is 13.1 Å². The van der Waals surface area contributed by atoms with E-state index in [-0.39, 0.29) is 22.6 Å². The number of nitrogens with one attached hydrogen (secondary N) is 1. The molecule has 0 radical (unpaired) electrons. The van der Waals surface area contributed by atoms with Gasteiger partial charge in [0.25, 0.3) is 21.0 Å². The van der Waals surface area contributed by atoms with Crippen LogP contribution in [0, 0.1) is 6.92 Å². The molecule has 9 nitrogen and oxygen atoms in total. The Balaban J connectivity index is 2.14. The van der Waals surface area contributed by atoms with Crippen molar-refractivity contribution in [3.05, 3.63) is 41.2 Å². The number of hydrogen-bond donors (Lipinski definition) is 1. The van der Waals surface area contributed by atoms with E-state index in [0.717, 1.165) is 24.1 Å². The van der Waals surface area contributed by atoms with Crippen LogP contribution in [0.4, 0.5) is 23.7 Å². The molecule has 1 aromatic carbocycles. The molecule has 1 aromatic rings. The molecule has 0 aromatic heterocycles. The first-order valence-electron chi connectivity index (χ1n) is 8.72. The fraction of sp³-hybridized carbons (Fsp3) is 0.353. The van der Waals surface area contributed by atoms with Gasteiger partial charge in [-0.15, -0.1) is 0 Å². The van der Waals surface area contributed by atoms with Crippen molar-refractivity contribution >= 4 is 44.2 Å². The number of carbonyl (C=O) groups excluding carboxylic acids is 1. The fourth-order valence-corrected chi connectivity index (χ4v) is 4.74. The van der Waals surface area contributed by atoms with Gasteiger partial charge in [0, 0.05) is 0 Å². The van der Waals surface area contributed by atoms with Crippen molar-refractivity contribution in [3.63, 3.8) is 0 Å². The van der Waals surface area contributed by atoms with E-state index in [2.05, 4.69) is 9.73 Å². The number of benzene rings is 1. The summed E-state index contributed by atoms with van der Waals surface area (Å²) in [5.41, 5.74) is -1.78. The number of methoxy groups -OCH3 is 1. The molecule has 2 aliphatic heterocycles. The Kier molecular flexibility index (Phi) is 5.52. The molecule has 14 heteroatoms. The number of halogens is 3. The SMILES string of the molecule is COC(=O)N1C[N+]2(C)C(=CC(=S)N2C)N=C1S(=O)(=O)Nc1c(C)cccc1C(F)(F)F. The number of para-hydroxylation sites is 1. The number of carbonyl (C=O) groups is 1. The second kappa shape index (κ2) is 7.46. The van der Waals surface area contributed by atoms with Gasteiger partial charge in [-0.2, -0.15) is 36.1 Å². The molecule has 3 rings (SSSR count). The number of likely N-dealkylation sites (N-methyl/N-ethyl adjacent to an activating group) is 1. The first kappa shape index (κ1) is 23.0. The fourth-order valence-electron chi connectivity index (χ4n) is 3.19. The van der Waals surface area contributed by atoms with Gasteiger partial charge < -0.3 is 4.74 Å². The number of ether oxygens (including phenoxy) is 1. The number of anilines is 1. The van der Waals surface area contributed by atoms with Crippen LogP contribution in [0.1, 0.15) is 11.1 Å². The summed E-state index contributed by atoms with van der Waals surface area (Å²) < 4.78 is 73.1. The maximum atomic E-state index is 13.4. The topological polar surface area (TPSA) is 91.3 Å². The van der Waals surface area contributed by atoms with E-state index < -0.39 is 38.7 Å². The molecule has 1 atom stereocenters. The van der Waals surface area contributed by atoms with Crippen LogP contribution in [0.5, 0.6) is 0 Å². The molecule has 31 heavy (non-hydrogen) atoms. The summed E-state index contributed by atoms with van der Waals surface area (Å²) >= 11 is 5.21. The highest BCUT2D eigenvalue weighted by Gasteiger charge is 2.51. The van der Waals surface area contributed by atoms with Crippen molar-refractivity contribution in [1.29, 1.82) is 0 Å². The third-order valence-corrected chi connectivity index (χ3v) is 6.68. The lowest BCUT2D eigenvalue weighted by molar-refractivity contribution is -0.973. The van der Waals surface area contributed by atoms with E-state index in [9.17, 15) is 26.4 Å². The maximum absolute atomic E-state index is 13.4. The lowest BCUT2D eigenvalue weighted by Crippen LogP contribution is -2.63. The second-order valence-electron chi connectivity index (χ2n) is 7.04.